The molecular formula is C15H14OSi. The predicted octanol–water partition coefficient (Wildman–Crippen LogP) is 3.18. The lowest BCUT2D eigenvalue weighted by atomic mass is 10.4. The highest BCUT2D eigenvalue weighted by atomic mass is 28.3. The van der Waals surface area contributed by atoms with Crippen molar-refractivity contribution in [2.24, 2.45) is 0 Å². The van der Waals surface area contributed by atoms with E-state index in [0.29, 0.717) is 0 Å². The molecule has 0 aromatic carbocycles. The van der Waals surface area contributed by atoms with Gasteiger partial charge in [0.1, 0.15) is 13.8 Å². The van der Waals surface area contributed by atoms with Crippen molar-refractivity contribution in [1.29, 1.82) is 0 Å². The summed E-state index contributed by atoms with van der Waals surface area (Å²) in [6.45, 7) is 6.54. The van der Waals surface area contributed by atoms with Crippen LogP contribution in [0.4, 0.5) is 0 Å². The van der Waals surface area contributed by atoms with E-state index in [1.807, 2.05) is 12.1 Å². The van der Waals surface area contributed by atoms with E-state index in [9.17, 15) is 0 Å². The Balaban J connectivity index is 2.47. The highest BCUT2D eigenvalue weighted by Gasteiger charge is 2.06. The second-order valence-electron chi connectivity index (χ2n) is 4.37. The molecule has 1 nitrogen and oxygen atoms in total. The Kier molecular flexibility index (Phi) is 4.96. The third-order valence-corrected chi connectivity index (χ3v) is 2.45. The molecule has 0 atom stereocenters. The van der Waals surface area contributed by atoms with Gasteiger partial charge in [-0.3, -0.25) is 0 Å². The molecule has 0 saturated heterocycles. The highest BCUT2D eigenvalue weighted by Crippen LogP contribution is 2.00. The van der Waals surface area contributed by atoms with Crippen LogP contribution in [0.5, 0.6) is 0 Å². The fourth-order valence-electron chi connectivity index (χ4n) is 0.869. The summed E-state index contributed by atoms with van der Waals surface area (Å²) in [5.74, 6) is 14.5. The van der Waals surface area contributed by atoms with Crippen molar-refractivity contribution < 1.29 is 4.42 Å². The topological polar surface area (TPSA) is 13.1 Å². The van der Waals surface area contributed by atoms with Crippen LogP contribution < -0.4 is 0 Å². The number of furan rings is 1. The Morgan fingerprint density at radius 1 is 1.12 bits per heavy atom. The van der Waals surface area contributed by atoms with Crippen LogP contribution in [0, 0.1) is 35.1 Å². The first kappa shape index (κ1) is 13.0. The summed E-state index contributed by atoms with van der Waals surface area (Å²) in [5, 5.41) is 0. The molecule has 2 heteroatoms. The van der Waals surface area contributed by atoms with Gasteiger partial charge in [-0.05, 0) is 48.0 Å². The van der Waals surface area contributed by atoms with Crippen LogP contribution in [0.2, 0.25) is 19.6 Å². The van der Waals surface area contributed by atoms with Gasteiger partial charge in [-0.25, -0.2) is 0 Å². The Hall–Kier alpha value is -2.08. The average Bonchev–Trinajstić information content (AvgIpc) is 2.73. The molecule has 0 unspecified atom stereocenters. The van der Waals surface area contributed by atoms with Crippen molar-refractivity contribution >= 4 is 14.1 Å². The van der Waals surface area contributed by atoms with Gasteiger partial charge in [0.05, 0.1) is 6.26 Å². The molecule has 1 rings (SSSR count). The summed E-state index contributed by atoms with van der Waals surface area (Å²) in [7, 11) is -1.31. The summed E-state index contributed by atoms with van der Waals surface area (Å²) in [6, 6.07) is 3.70. The maximum Gasteiger partial charge on any atom is 0.130 e. The van der Waals surface area contributed by atoms with E-state index in [1.54, 1.807) is 18.4 Å². The van der Waals surface area contributed by atoms with Crippen LogP contribution in [-0.4, -0.2) is 8.07 Å². The minimum atomic E-state index is -1.31. The summed E-state index contributed by atoms with van der Waals surface area (Å²) in [5.41, 5.74) is 3.15. The molecule has 0 aliphatic heterocycles. The largest absolute Gasteiger partial charge is 0.465 e. The standard InChI is InChI=1S/C15H14OSi/c1-17(2,3)14-9-7-5-4-6-8-11-15-12-10-13-16-15/h8,10-13H,1-3H3/b11-8+. The zero-order valence-corrected chi connectivity index (χ0v) is 11.3. The van der Waals surface area contributed by atoms with E-state index in [0.717, 1.165) is 5.76 Å². The summed E-state index contributed by atoms with van der Waals surface area (Å²) < 4.78 is 5.11. The van der Waals surface area contributed by atoms with E-state index in [4.69, 9.17) is 4.42 Å². The zero-order chi connectivity index (χ0) is 12.6. The van der Waals surface area contributed by atoms with Gasteiger partial charge < -0.3 is 4.42 Å². The molecule has 0 saturated carbocycles. The van der Waals surface area contributed by atoms with Crippen molar-refractivity contribution in [3.63, 3.8) is 0 Å². The molecule has 0 fully saturated rings. The second-order valence-corrected chi connectivity index (χ2v) is 9.12. The highest BCUT2D eigenvalue weighted by molar-refractivity contribution is 6.83. The van der Waals surface area contributed by atoms with Gasteiger partial charge in [-0.2, -0.15) is 0 Å². The molecule has 0 aliphatic carbocycles. The lowest BCUT2D eigenvalue weighted by molar-refractivity contribution is 0.557. The normalized spacial score (nSPS) is 9.59. The lowest BCUT2D eigenvalue weighted by Gasteiger charge is -2.01. The smallest absolute Gasteiger partial charge is 0.130 e. The molecule has 1 aromatic rings. The van der Waals surface area contributed by atoms with E-state index in [2.05, 4.69) is 54.8 Å². The minimum Gasteiger partial charge on any atom is -0.465 e. The van der Waals surface area contributed by atoms with E-state index >= 15 is 0 Å². The summed E-state index contributed by atoms with van der Waals surface area (Å²) in [4.78, 5) is 0. The first-order valence-electron chi connectivity index (χ1n) is 5.31. The minimum absolute atomic E-state index is 0.783. The molecule has 0 amide bonds. The van der Waals surface area contributed by atoms with E-state index < -0.39 is 8.07 Å². The van der Waals surface area contributed by atoms with Crippen LogP contribution in [-0.2, 0) is 0 Å². The molecule has 1 aromatic heterocycles. The van der Waals surface area contributed by atoms with Crippen LogP contribution in [0.1, 0.15) is 5.76 Å². The van der Waals surface area contributed by atoms with Gasteiger partial charge in [0, 0.05) is 0 Å². The fraction of sp³-hybridized carbons (Fsp3) is 0.200. The van der Waals surface area contributed by atoms with Crippen molar-refractivity contribution in [3.05, 3.63) is 30.2 Å². The molecule has 0 radical (unpaired) electrons. The molecule has 17 heavy (non-hydrogen) atoms. The van der Waals surface area contributed by atoms with E-state index in [-0.39, 0.29) is 0 Å². The molecule has 0 N–H and O–H groups in total. The lowest BCUT2D eigenvalue weighted by Crippen LogP contribution is -2.16. The Bertz CT molecular complexity index is 552. The average molecular weight is 238 g/mol. The molecule has 0 bridgehead atoms. The molecular weight excluding hydrogens is 224 g/mol. The number of hydrogen-bond donors (Lipinski definition) is 0. The quantitative estimate of drug-likeness (QED) is 0.541. The first-order valence-corrected chi connectivity index (χ1v) is 8.81. The van der Waals surface area contributed by atoms with Gasteiger partial charge in [0.25, 0.3) is 0 Å². The Morgan fingerprint density at radius 2 is 1.88 bits per heavy atom. The third kappa shape index (κ3) is 6.91. The summed E-state index contributed by atoms with van der Waals surface area (Å²) >= 11 is 0. The summed E-state index contributed by atoms with van der Waals surface area (Å²) in [6.07, 6.45) is 5.13. The monoisotopic (exact) mass is 238 g/mol. The van der Waals surface area contributed by atoms with Crippen molar-refractivity contribution in [1.82, 2.24) is 0 Å². The Morgan fingerprint density at radius 3 is 2.53 bits per heavy atom. The van der Waals surface area contributed by atoms with Crippen molar-refractivity contribution in [3.8, 4) is 35.1 Å². The number of allylic oxidation sites excluding steroid dienone is 1. The van der Waals surface area contributed by atoms with Crippen molar-refractivity contribution in [2.75, 3.05) is 0 Å². The maximum atomic E-state index is 5.11. The van der Waals surface area contributed by atoms with Crippen LogP contribution in [0.25, 0.3) is 6.08 Å². The second kappa shape index (κ2) is 6.49. The molecule has 84 valence electrons. The van der Waals surface area contributed by atoms with Gasteiger partial charge in [0.2, 0.25) is 0 Å². The number of hydrogen-bond acceptors (Lipinski definition) is 1. The van der Waals surface area contributed by atoms with Gasteiger partial charge >= 0.3 is 0 Å². The first-order chi connectivity index (χ1) is 8.08. The third-order valence-electron chi connectivity index (χ3n) is 1.57. The Labute approximate surface area is 104 Å². The molecule has 0 spiro atoms. The fourth-order valence-corrected chi connectivity index (χ4v) is 1.31. The maximum absolute atomic E-state index is 5.11. The predicted molar refractivity (Wildman–Crippen MR) is 74.4 cm³/mol. The van der Waals surface area contributed by atoms with Gasteiger partial charge in [-0.15, -0.1) is 5.54 Å². The van der Waals surface area contributed by atoms with Gasteiger partial charge in [-0.1, -0.05) is 25.6 Å². The van der Waals surface area contributed by atoms with Crippen molar-refractivity contribution in [2.45, 2.75) is 19.6 Å². The SMILES string of the molecule is C[Si](C)(C)C#CC#CC#C/C=C/c1ccco1. The molecule has 1 heterocycles. The van der Waals surface area contributed by atoms with Crippen LogP contribution in [0.3, 0.4) is 0 Å². The number of rotatable bonds is 1. The van der Waals surface area contributed by atoms with Crippen LogP contribution >= 0.6 is 0 Å². The van der Waals surface area contributed by atoms with E-state index in [1.165, 1.54) is 0 Å². The van der Waals surface area contributed by atoms with Crippen LogP contribution in [0.15, 0.2) is 28.9 Å². The van der Waals surface area contributed by atoms with Gasteiger partial charge in [0.15, 0.2) is 0 Å². The molecule has 0 aliphatic rings. The zero-order valence-electron chi connectivity index (χ0n) is 10.3.